The van der Waals surface area contributed by atoms with E-state index in [1.165, 1.54) is 25.5 Å². The molecule has 0 radical (unpaired) electrons. The van der Waals surface area contributed by atoms with Crippen LogP contribution in [0.1, 0.15) is 125 Å². The number of amides is 4. The molecule has 1 unspecified atom stereocenters. The lowest BCUT2D eigenvalue weighted by atomic mass is 9.91. The molecular weight excluding hydrogens is 889 g/mol. The number of carbonyl (C=O) groups is 5. The molecule has 3 N–H and O–H groups in total. The van der Waals surface area contributed by atoms with Gasteiger partial charge in [0, 0.05) is 73.6 Å². The van der Waals surface area contributed by atoms with Crippen molar-refractivity contribution >= 4 is 64.5 Å². The summed E-state index contributed by atoms with van der Waals surface area (Å²) in [5.41, 5.74) is 5.88. The second-order valence-electron chi connectivity index (χ2n) is 19.3. The Labute approximate surface area is 410 Å². The molecule has 370 valence electrons. The van der Waals surface area contributed by atoms with E-state index in [0.29, 0.717) is 95.3 Å². The maximum absolute atomic E-state index is 14.1. The zero-order chi connectivity index (χ0) is 49.5. The van der Waals surface area contributed by atoms with E-state index in [4.69, 9.17) is 28.9 Å². The molecule has 0 aromatic heterocycles. The summed E-state index contributed by atoms with van der Waals surface area (Å²) < 4.78 is 23.7. The number of ether oxygens (including phenoxy) is 4. The van der Waals surface area contributed by atoms with Crippen molar-refractivity contribution in [1.82, 2.24) is 15.5 Å². The number of ketones is 1. The SMILES string of the molecule is CCCCCC(=O)N[C@@H](C(=O)N[C@H](C)C(=O)Nc1ccc(C2=CN3C(=O)c4cc(OC)c(OCCCOc5cc6c(cc5OC)C(=O)CCC5C=C(C7CC7)C[C@@H]5C=N6)cc4N=C[C@H]3C2)cc1)C(C)C. The maximum atomic E-state index is 14.1. The summed E-state index contributed by atoms with van der Waals surface area (Å²) in [5, 5.41) is 8.43. The highest BCUT2D eigenvalue weighted by Gasteiger charge is 2.36. The molecule has 5 aliphatic rings. The molecule has 15 nitrogen and oxygen atoms in total. The number of fused-ring (bicyclic) bond motifs is 4. The lowest BCUT2D eigenvalue weighted by molar-refractivity contribution is -0.131. The fourth-order valence-electron chi connectivity index (χ4n) is 9.57. The van der Waals surface area contributed by atoms with Gasteiger partial charge in [0.2, 0.25) is 17.7 Å². The smallest absolute Gasteiger partial charge is 0.260 e. The third-order valence-electron chi connectivity index (χ3n) is 13.8. The Morgan fingerprint density at radius 2 is 1.43 bits per heavy atom. The topological polar surface area (TPSA) is 186 Å². The zero-order valence-corrected chi connectivity index (χ0v) is 41.2. The van der Waals surface area contributed by atoms with E-state index in [0.717, 1.165) is 49.2 Å². The quantitative estimate of drug-likeness (QED) is 0.0733. The standard InChI is InChI=1S/C55H66N6O9/c1-7-8-9-11-51(63)60-52(32(2)3)54(65)58-33(4)53(64)59-40-17-14-35(15-18-40)39-24-41-30-57-45-28-50(48(68-6)26-43(45)55(66)61(41)31-39)70-21-10-20-69-49-27-44-42(25-47(49)67-5)46(62)19-16-36-22-37(34-12-13-34)23-38(36)29-56-44/h14-15,17-18,22,25-34,36,38,41,52H,7-13,16,19-21,23-24H2,1-6H3,(H,58,65)(H,59,64)(H,60,63)/t33-,36?,38-,41-,52-/m1/s1. The molecule has 0 saturated heterocycles. The minimum atomic E-state index is -0.850. The number of nitrogens with one attached hydrogen (secondary N) is 3. The molecule has 0 bridgehead atoms. The molecule has 4 amide bonds. The Kier molecular flexibility index (Phi) is 15.8. The fourth-order valence-corrected chi connectivity index (χ4v) is 9.57. The van der Waals surface area contributed by atoms with Gasteiger partial charge in [-0.05, 0) is 92.2 Å². The Bertz CT molecular complexity index is 2600. The molecule has 5 atom stereocenters. The number of carbonyl (C=O) groups excluding carboxylic acids is 5. The number of hydrogen-bond acceptors (Lipinski definition) is 11. The van der Waals surface area contributed by atoms with E-state index in [-0.39, 0.29) is 36.2 Å². The van der Waals surface area contributed by atoms with Gasteiger partial charge < -0.3 is 39.8 Å². The molecule has 1 fully saturated rings. The van der Waals surface area contributed by atoms with E-state index in [1.54, 1.807) is 61.5 Å². The van der Waals surface area contributed by atoms with E-state index in [2.05, 4.69) is 29.0 Å². The summed E-state index contributed by atoms with van der Waals surface area (Å²) in [5.74, 6) is 1.88. The molecule has 8 rings (SSSR count). The largest absolute Gasteiger partial charge is 0.493 e. The van der Waals surface area contributed by atoms with Crippen LogP contribution >= 0.6 is 0 Å². The van der Waals surface area contributed by atoms with Crippen LogP contribution in [0.15, 0.2) is 76.4 Å². The number of hydrogen-bond donors (Lipinski definition) is 3. The maximum Gasteiger partial charge on any atom is 0.260 e. The first-order valence-corrected chi connectivity index (χ1v) is 24.9. The van der Waals surface area contributed by atoms with Crippen LogP contribution in [-0.4, -0.2) is 92.3 Å². The van der Waals surface area contributed by atoms with Gasteiger partial charge in [-0.15, -0.1) is 0 Å². The fraction of sp³-hybridized carbons (Fsp3) is 0.473. The van der Waals surface area contributed by atoms with Crippen molar-refractivity contribution < 1.29 is 42.9 Å². The van der Waals surface area contributed by atoms with Gasteiger partial charge in [0.15, 0.2) is 28.8 Å². The van der Waals surface area contributed by atoms with Crippen LogP contribution in [0, 0.1) is 23.7 Å². The van der Waals surface area contributed by atoms with E-state index < -0.39 is 23.9 Å². The summed E-state index contributed by atoms with van der Waals surface area (Å²) in [7, 11) is 3.09. The number of nitrogens with zero attached hydrogens (tertiary/aromatic N) is 3. The molecule has 3 aliphatic heterocycles. The number of anilines is 1. The van der Waals surface area contributed by atoms with E-state index >= 15 is 0 Å². The van der Waals surface area contributed by atoms with Crippen molar-refractivity contribution in [1.29, 1.82) is 0 Å². The highest BCUT2D eigenvalue weighted by atomic mass is 16.5. The first-order chi connectivity index (χ1) is 33.8. The van der Waals surface area contributed by atoms with Crippen LogP contribution in [0.25, 0.3) is 5.57 Å². The van der Waals surface area contributed by atoms with E-state index in [9.17, 15) is 24.0 Å². The minimum absolute atomic E-state index is 0.0588. The van der Waals surface area contributed by atoms with Gasteiger partial charge in [0.1, 0.15) is 12.1 Å². The molecule has 15 heteroatoms. The second kappa shape index (κ2) is 22.3. The number of benzene rings is 3. The number of rotatable bonds is 20. The van der Waals surface area contributed by atoms with Crippen molar-refractivity contribution in [2.75, 3.05) is 32.8 Å². The van der Waals surface area contributed by atoms with Crippen molar-refractivity contribution in [3.63, 3.8) is 0 Å². The van der Waals surface area contributed by atoms with Crippen LogP contribution in [0.2, 0.25) is 0 Å². The average molecular weight is 955 g/mol. The van der Waals surface area contributed by atoms with Gasteiger partial charge in [-0.3, -0.25) is 34.0 Å². The lowest BCUT2D eigenvalue weighted by Crippen LogP contribution is -2.53. The zero-order valence-electron chi connectivity index (χ0n) is 41.2. The Morgan fingerprint density at radius 1 is 0.757 bits per heavy atom. The van der Waals surface area contributed by atoms with Gasteiger partial charge in [0.25, 0.3) is 5.91 Å². The molecule has 3 aromatic carbocycles. The van der Waals surface area contributed by atoms with Crippen molar-refractivity contribution in [2.45, 2.75) is 116 Å². The summed E-state index contributed by atoms with van der Waals surface area (Å²) >= 11 is 0. The molecule has 1 saturated carbocycles. The molecular formula is C55H66N6O9. The second-order valence-corrected chi connectivity index (χ2v) is 19.3. The Hall–Kier alpha value is -6.77. The van der Waals surface area contributed by atoms with Gasteiger partial charge >= 0.3 is 0 Å². The van der Waals surface area contributed by atoms with Crippen molar-refractivity contribution in [3.8, 4) is 23.0 Å². The molecule has 3 aromatic rings. The number of allylic oxidation sites excluding steroid dienone is 2. The normalized spacial score (nSPS) is 20.0. The summed E-state index contributed by atoms with van der Waals surface area (Å²) in [6.07, 6.45) is 17.0. The third-order valence-corrected chi connectivity index (χ3v) is 13.8. The first kappa shape index (κ1) is 49.6. The van der Waals surface area contributed by atoms with Crippen LogP contribution in [-0.2, 0) is 14.4 Å². The monoisotopic (exact) mass is 954 g/mol. The highest BCUT2D eigenvalue weighted by molar-refractivity contribution is 6.06. The Morgan fingerprint density at radius 3 is 2.09 bits per heavy atom. The third kappa shape index (κ3) is 11.6. The molecule has 3 heterocycles. The number of Topliss-reactive ketones (excluding diaryl/α,β-unsaturated/α-hetero) is 1. The molecule has 0 spiro atoms. The Balaban J connectivity index is 0.842. The van der Waals surface area contributed by atoms with E-state index in [1.807, 2.05) is 38.4 Å². The summed E-state index contributed by atoms with van der Waals surface area (Å²) in [6, 6.07) is 12.3. The predicted molar refractivity (Wildman–Crippen MR) is 270 cm³/mol. The number of methoxy groups -OCH3 is 2. The first-order valence-electron chi connectivity index (χ1n) is 24.9. The lowest BCUT2D eigenvalue weighted by Gasteiger charge is -2.24. The van der Waals surface area contributed by atoms with Crippen LogP contribution < -0.4 is 34.9 Å². The van der Waals surface area contributed by atoms with Crippen LogP contribution in [0.5, 0.6) is 23.0 Å². The number of aliphatic imine (C=N–C) groups is 2. The van der Waals surface area contributed by atoms with Gasteiger partial charge in [-0.25, -0.2) is 0 Å². The van der Waals surface area contributed by atoms with Crippen molar-refractivity contribution in [2.24, 2.45) is 33.7 Å². The highest BCUT2D eigenvalue weighted by Crippen LogP contribution is 2.47. The van der Waals surface area contributed by atoms with Crippen molar-refractivity contribution in [3.05, 3.63) is 83.1 Å². The van der Waals surface area contributed by atoms with Gasteiger partial charge in [0.05, 0.1) is 50.4 Å². The summed E-state index contributed by atoms with van der Waals surface area (Å²) in [4.78, 5) is 77.4. The van der Waals surface area contributed by atoms with Gasteiger partial charge in [-0.2, -0.15) is 0 Å². The number of unbranched alkanes of at least 4 members (excludes halogenated alkanes) is 2. The molecule has 70 heavy (non-hydrogen) atoms. The average Bonchev–Trinajstić information content (AvgIpc) is 4.00. The van der Waals surface area contributed by atoms with Crippen LogP contribution in [0.3, 0.4) is 0 Å². The predicted octanol–water partition coefficient (Wildman–Crippen LogP) is 9.34. The molecule has 2 aliphatic carbocycles. The van der Waals surface area contributed by atoms with Crippen LogP contribution in [0.4, 0.5) is 17.1 Å². The van der Waals surface area contributed by atoms with Gasteiger partial charge in [-0.1, -0.05) is 57.4 Å². The minimum Gasteiger partial charge on any atom is -0.493 e. The summed E-state index contributed by atoms with van der Waals surface area (Å²) in [6.45, 7) is 7.96.